The van der Waals surface area contributed by atoms with Gasteiger partial charge in [-0.2, -0.15) is 0 Å². The Hall–Kier alpha value is -2.52. The van der Waals surface area contributed by atoms with Crippen LogP contribution in [-0.4, -0.2) is 12.0 Å². The van der Waals surface area contributed by atoms with Crippen LogP contribution in [0.2, 0.25) is 5.02 Å². The Kier molecular flexibility index (Phi) is 6.01. The van der Waals surface area contributed by atoms with E-state index in [4.69, 9.17) is 16.3 Å². The van der Waals surface area contributed by atoms with Gasteiger partial charge < -0.3 is 10.1 Å². The molecule has 3 aromatic carbocycles. The summed E-state index contributed by atoms with van der Waals surface area (Å²) in [7, 11) is 0. The van der Waals surface area contributed by atoms with Crippen LogP contribution in [0.1, 0.15) is 51.5 Å². The molecular formula is C26H28ClNO2. The minimum Gasteiger partial charge on any atom is -0.490 e. The first-order valence-electron chi connectivity index (χ1n) is 10.8. The maximum Gasteiger partial charge on any atom is 0.235 e. The number of ether oxygens (including phenoxy) is 1. The Balaban J connectivity index is 1.71. The smallest absolute Gasteiger partial charge is 0.235 e. The summed E-state index contributed by atoms with van der Waals surface area (Å²) >= 11 is 6.11. The first-order chi connectivity index (χ1) is 14.5. The van der Waals surface area contributed by atoms with Gasteiger partial charge in [-0.1, -0.05) is 67.3 Å². The standard InChI is InChI=1S/C26H28ClNO2/c1-18(2)30-24-15-14-23(21-8-4-5-9-22(21)24)28-25(29)26(16-6-3-7-17-26)19-10-12-20(27)13-11-19/h4-5,8-15,18H,3,6-7,16-17H2,1-2H3,(H,28,29). The maximum atomic E-state index is 13.7. The summed E-state index contributed by atoms with van der Waals surface area (Å²) in [5.74, 6) is 0.899. The number of hydrogen-bond donors (Lipinski definition) is 1. The summed E-state index contributed by atoms with van der Waals surface area (Å²) in [6.45, 7) is 4.03. The fourth-order valence-electron chi connectivity index (χ4n) is 4.55. The molecule has 0 atom stereocenters. The van der Waals surface area contributed by atoms with Gasteiger partial charge in [-0.05, 0) is 56.5 Å². The Morgan fingerprint density at radius 1 is 0.933 bits per heavy atom. The molecule has 0 bridgehead atoms. The average molecular weight is 422 g/mol. The van der Waals surface area contributed by atoms with Crippen molar-refractivity contribution in [2.75, 3.05) is 5.32 Å². The Bertz CT molecular complexity index is 1040. The molecule has 0 heterocycles. The molecule has 0 unspecified atom stereocenters. The monoisotopic (exact) mass is 421 g/mol. The second-order valence-corrected chi connectivity index (χ2v) is 8.86. The van der Waals surface area contributed by atoms with Crippen molar-refractivity contribution in [1.29, 1.82) is 0 Å². The number of hydrogen-bond acceptors (Lipinski definition) is 2. The van der Waals surface area contributed by atoms with E-state index in [-0.39, 0.29) is 12.0 Å². The largest absolute Gasteiger partial charge is 0.490 e. The number of carbonyl (C=O) groups is 1. The predicted octanol–water partition coefficient (Wildman–Crippen LogP) is 7.12. The van der Waals surface area contributed by atoms with Crippen molar-refractivity contribution in [3.8, 4) is 5.75 Å². The molecule has 3 aromatic rings. The minimum atomic E-state index is -0.517. The van der Waals surface area contributed by atoms with Crippen LogP contribution >= 0.6 is 11.6 Å². The zero-order valence-corrected chi connectivity index (χ0v) is 18.3. The van der Waals surface area contributed by atoms with Gasteiger partial charge in [-0.3, -0.25) is 4.79 Å². The van der Waals surface area contributed by atoms with Crippen LogP contribution in [0.3, 0.4) is 0 Å². The summed E-state index contributed by atoms with van der Waals surface area (Å²) in [6, 6.07) is 19.7. The molecule has 3 nitrogen and oxygen atoms in total. The number of anilines is 1. The summed E-state index contributed by atoms with van der Waals surface area (Å²) in [6.07, 6.45) is 5.08. The predicted molar refractivity (Wildman–Crippen MR) is 125 cm³/mol. The van der Waals surface area contributed by atoms with E-state index in [1.165, 1.54) is 6.42 Å². The Labute approximate surface area is 183 Å². The van der Waals surface area contributed by atoms with Crippen molar-refractivity contribution in [2.24, 2.45) is 0 Å². The van der Waals surface area contributed by atoms with Crippen molar-refractivity contribution >= 4 is 34.0 Å². The number of carbonyl (C=O) groups excluding carboxylic acids is 1. The van der Waals surface area contributed by atoms with E-state index in [2.05, 4.69) is 5.32 Å². The van der Waals surface area contributed by atoms with Crippen LogP contribution in [0, 0.1) is 0 Å². The summed E-state index contributed by atoms with van der Waals surface area (Å²) in [5, 5.41) is 5.95. The van der Waals surface area contributed by atoms with Gasteiger partial charge in [0.05, 0.1) is 11.5 Å². The number of benzene rings is 3. The van der Waals surface area contributed by atoms with Crippen molar-refractivity contribution in [3.63, 3.8) is 0 Å². The SMILES string of the molecule is CC(C)Oc1ccc(NC(=O)C2(c3ccc(Cl)cc3)CCCCC2)c2ccccc12. The lowest BCUT2D eigenvalue weighted by atomic mass is 9.68. The third-order valence-corrected chi connectivity index (χ3v) is 6.29. The number of fused-ring (bicyclic) bond motifs is 1. The molecule has 4 rings (SSSR count). The van der Waals surface area contributed by atoms with E-state index in [0.29, 0.717) is 5.02 Å². The fourth-order valence-corrected chi connectivity index (χ4v) is 4.68. The highest BCUT2D eigenvalue weighted by Crippen LogP contribution is 2.42. The first-order valence-corrected chi connectivity index (χ1v) is 11.1. The highest BCUT2D eigenvalue weighted by Gasteiger charge is 2.41. The van der Waals surface area contributed by atoms with Crippen LogP contribution in [0.25, 0.3) is 10.8 Å². The van der Waals surface area contributed by atoms with E-state index < -0.39 is 5.41 Å². The molecule has 30 heavy (non-hydrogen) atoms. The topological polar surface area (TPSA) is 38.3 Å². The van der Waals surface area contributed by atoms with Crippen molar-refractivity contribution in [3.05, 3.63) is 71.2 Å². The molecule has 1 aliphatic carbocycles. The van der Waals surface area contributed by atoms with Gasteiger partial charge >= 0.3 is 0 Å². The van der Waals surface area contributed by atoms with Gasteiger partial charge in [0.2, 0.25) is 5.91 Å². The van der Waals surface area contributed by atoms with Gasteiger partial charge in [-0.15, -0.1) is 0 Å². The average Bonchev–Trinajstić information content (AvgIpc) is 2.76. The summed E-state index contributed by atoms with van der Waals surface area (Å²) < 4.78 is 5.98. The van der Waals surface area contributed by atoms with Gasteiger partial charge in [0, 0.05) is 21.5 Å². The lowest BCUT2D eigenvalue weighted by molar-refractivity contribution is -0.122. The number of halogens is 1. The fraction of sp³-hybridized carbons (Fsp3) is 0.346. The minimum absolute atomic E-state index is 0.0622. The summed E-state index contributed by atoms with van der Waals surface area (Å²) in [5.41, 5.74) is 1.36. The lowest BCUT2D eigenvalue weighted by Crippen LogP contribution is -2.42. The van der Waals surface area contributed by atoms with Gasteiger partial charge in [0.1, 0.15) is 5.75 Å². The second-order valence-electron chi connectivity index (χ2n) is 8.43. The highest BCUT2D eigenvalue weighted by molar-refractivity contribution is 6.30. The summed E-state index contributed by atoms with van der Waals surface area (Å²) in [4.78, 5) is 13.7. The van der Waals surface area contributed by atoms with Crippen molar-refractivity contribution in [2.45, 2.75) is 57.5 Å². The third-order valence-electron chi connectivity index (χ3n) is 6.03. The first kappa shape index (κ1) is 20.7. The molecule has 4 heteroatoms. The molecule has 0 spiro atoms. The molecule has 0 saturated heterocycles. The number of rotatable bonds is 5. The Morgan fingerprint density at radius 3 is 2.27 bits per heavy atom. The maximum absolute atomic E-state index is 13.7. The quantitative estimate of drug-likeness (QED) is 0.476. The van der Waals surface area contributed by atoms with Gasteiger partial charge in [0.15, 0.2) is 0 Å². The molecule has 0 radical (unpaired) electrons. The van der Waals surface area contributed by atoms with Gasteiger partial charge in [0.25, 0.3) is 0 Å². The van der Waals surface area contributed by atoms with E-state index in [0.717, 1.165) is 53.5 Å². The van der Waals surface area contributed by atoms with Crippen LogP contribution in [0.15, 0.2) is 60.7 Å². The zero-order chi connectivity index (χ0) is 21.1. The van der Waals surface area contributed by atoms with E-state index >= 15 is 0 Å². The second kappa shape index (κ2) is 8.69. The molecule has 1 fully saturated rings. The van der Waals surface area contributed by atoms with Crippen molar-refractivity contribution in [1.82, 2.24) is 0 Å². The molecule has 156 valence electrons. The highest BCUT2D eigenvalue weighted by atomic mass is 35.5. The van der Waals surface area contributed by atoms with Crippen LogP contribution < -0.4 is 10.1 Å². The molecule has 1 aliphatic rings. The normalized spacial score (nSPS) is 15.9. The van der Waals surface area contributed by atoms with Crippen LogP contribution in [-0.2, 0) is 10.2 Å². The lowest BCUT2D eigenvalue weighted by Gasteiger charge is -2.36. The third kappa shape index (κ3) is 4.04. The molecule has 1 amide bonds. The molecule has 0 aromatic heterocycles. The molecule has 0 aliphatic heterocycles. The molecule has 1 N–H and O–H groups in total. The molecule has 1 saturated carbocycles. The van der Waals surface area contributed by atoms with Crippen LogP contribution in [0.5, 0.6) is 5.75 Å². The number of amides is 1. The van der Waals surface area contributed by atoms with Crippen molar-refractivity contribution < 1.29 is 9.53 Å². The van der Waals surface area contributed by atoms with E-state index in [9.17, 15) is 4.79 Å². The van der Waals surface area contributed by atoms with Gasteiger partial charge in [-0.25, -0.2) is 0 Å². The van der Waals surface area contributed by atoms with E-state index in [1.807, 2.05) is 74.5 Å². The van der Waals surface area contributed by atoms with E-state index in [1.54, 1.807) is 0 Å². The zero-order valence-electron chi connectivity index (χ0n) is 17.6. The Morgan fingerprint density at radius 2 is 1.60 bits per heavy atom. The molecular weight excluding hydrogens is 394 g/mol. The number of nitrogens with one attached hydrogen (secondary N) is 1. The van der Waals surface area contributed by atoms with Crippen LogP contribution in [0.4, 0.5) is 5.69 Å².